The molecule has 10 heteroatoms. The zero-order valence-corrected chi connectivity index (χ0v) is 7.13. The number of aromatic nitrogens is 2. The second-order valence-corrected chi connectivity index (χ2v) is 2.82. The highest BCUT2D eigenvalue weighted by Crippen LogP contribution is 2.50. The van der Waals surface area contributed by atoms with Crippen LogP contribution in [0.4, 0.5) is 30.7 Å². The Hall–Kier alpha value is -1.48. The van der Waals surface area contributed by atoms with Crippen LogP contribution in [0, 0.1) is 0 Å². The largest absolute Gasteiger partial charge is 0.460 e. The lowest BCUT2D eigenvalue weighted by Crippen LogP contribution is -2.50. The molecule has 16 heavy (non-hydrogen) atoms. The first-order valence-corrected chi connectivity index (χ1v) is 3.60. The van der Waals surface area contributed by atoms with Crippen molar-refractivity contribution in [1.82, 2.24) is 10.2 Å². The molecule has 0 saturated heterocycles. The van der Waals surface area contributed by atoms with Crippen LogP contribution < -0.4 is 5.56 Å². The van der Waals surface area contributed by atoms with Gasteiger partial charge in [-0.1, -0.05) is 0 Å². The summed E-state index contributed by atoms with van der Waals surface area (Å²) in [6, 6.07) is -0.0698. The van der Waals surface area contributed by atoms with Crippen LogP contribution >= 0.6 is 0 Å². The first-order valence-electron chi connectivity index (χ1n) is 3.60. The Labute approximate surface area is 82.2 Å². The highest BCUT2D eigenvalue weighted by atomic mass is 19.4. The number of alkyl halides is 7. The van der Waals surface area contributed by atoms with Crippen molar-refractivity contribution in [3.8, 4) is 0 Å². The van der Waals surface area contributed by atoms with Crippen molar-refractivity contribution in [3.05, 3.63) is 22.1 Å². The molecule has 92 valence electrons. The van der Waals surface area contributed by atoms with Gasteiger partial charge in [-0.3, -0.25) is 15.0 Å². The third kappa shape index (κ3) is 1.67. The van der Waals surface area contributed by atoms with Gasteiger partial charge in [-0.15, -0.1) is 0 Å². The van der Waals surface area contributed by atoms with Crippen LogP contribution in [0.2, 0.25) is 0 Å². The molecule has 1 aromatic rings. The molecular formula is C6H3F7N2O. The summed E-state index contributed by atoms with van der Waals surface area (Å²) in [7, 11) is 0. The standard InChI is InChI=1S/C6H3F7N2O/c7-4(8,2-1-3(16)15-14-2)5(9,10)6(11,12)13/h1H,(H2,14,15,16). The monoisotopic (exact) mass is 252 g/mol. The maximum absolute atomic E-state index is 12.8. The molecule has 0 fully saturated rings. The van der Waals surface area contributed by atoms with Gasteiger partial charge in [-0.2, -0.15) is 30.7 Å². The van der Waals surface area contributed by atoms with Gasteiger partial charge in [0.1, 0.15) is 5.69 Å². The second kappa shape index (κ2) is 3.25. The Bertz CT molecular complexity index is 429. The maximum atomic E-state index is 12.8. The van der Waals surface area contributed by atoms with Gasteiger partial charge in [-0.05, 0) is 0 Å². The molecule has 0 atom stereocenters. The Morgan fingerprint density at radius 2 is 1.44 bits per heavy atom. The number of rotatable bonds is 2. The zero-order valence-electron chi connectivity index (χ0n) is 7.13. The van der Waals surface area contributed by atoms with Crippen LogP contribution in [0.5, 0.6) is 0 Å². The lowest BCUT2D eigenvalue weighted by molar-refractivity contribution is -0.360. The second-order valence-electron chi connectivity index (χ2n) is 2.82. The molecule has 0 amide bonds. The quantitative estimate of drug-likeness (QED) is 0.777. The predicted molar refractivity (Wildman–Crippen MR) is 36.3 cm³/mol. The SMILES string of the molecule is O=c1cc(C(F)(F)C(F)(F)C(F)(F)F)[nH][nH]1. The highest BCUT2D eigenvalue weighted by Gasteiger charge is 2.74. The van der Waals surface area contributed by atoms with Crippen LogP contribution in [0.15, 0.2) is 10.9 Å². The number of nitrogens with one attached hydrogen (secondary N) is 2. The predicted octanol–water partition coefficient (Wildman–Crippen LogP) is 1.99. The molecule has 0 saturated carbocycles. The molecule has 0 aliphatic rings. The first-order chi connectivity index (χ1) is 7.00. The Morgan fingerprint density at radius 1 is 0.938 bits per heavy atom. The molecule has 1 heterocycles. The van der Waals surface area contributed by atoms with Gasteiger partial charge < -0.3 is 0 Å². The van der Waals surface area contributed by atoms with E-state index >= 15 is 0 Å². The van der Waals surface area contributed by atoms with Gasteiger partial charge in [0.05, 0.1) is 0 Å². The van der Waals surface area contributed by atoms with Gasteiger partial charge in [0.25, 0.3) is 5.56 Å². The third-order valence-electron chi connectivity index (χ3n) is 1.68. The molecule has 0 spiro atoms. The van der Waals surface area contributed by atoms with Crippen molar-refractivity contribution in [3.63, 3.8) is 0 Å². The lowest BCUT2D eigenvalue weighted by Gasteiger charge is -2.26. The van der Waals surface area contributed by atoms with Crippen LogP contribution in [0.1, 0.15) is 5.69 Å². The fourth-order valence-corrected chi connectivity index (χ4v) is 0.848. The highest BCUT2D eigenvalue weighted by molar-refractivity contribution is 5.12. The van der Waals surface area contributed by atoms with E-state index in [1.807, 2.05) is 0 Å². The Balaban J connectivity index is 3.26. The number of halogens is 7. The van der Waals surface area contributed by atoms with Crippen LogP contribution in [-0.4, -0.2) is 22.3 Å². The zero-order chi connectivity index (χ0) is 12.8. The van der Waals surface area contributed by atoms with Crippen molar-refractivity contribution in [2.24, 2.45) is 0 Å². The van der Waals surface area contributed by atoms with Gasteiger partial charge >= 0.3 is 18.0 Å². The van der Waals surface area contributed by atoms with E-state index in [0.717, 1.165) is 0 Å². The van der Waals surface area contributed by atoms with E-state index in [9.17, 15) is 35.5 Å². The van der Waals surface area contributed by atoms with Crippen molar-refractivity contribution >= 4 is 0 Å². The Kier molecular flexibility index (Phi) is 2.56. The molecule has 0 aliphatic heterocycles. The summed E-state index contributed by atoms with van der Waals surface area (Å²) >= 11 is 0. The van der Waals surface area contributed by atoms with E-state index in [2.05, 4.69) is 0 Å². The van der Waals surface area contributed by atoms with Crippen molar-refractivity contribution < 1.29 is 30.7 Å². The topological polar surface area (TPSA) is 48.6 Å². The van der Waals surface area contributed by atoms with Crippen molar-refractivity contribution in [2.75, 3.05) is 0 Å². The van der Waals surface area contributed by atoms with Crippen LogP contribution in [0.3, 0.4) is 0 Å². The van der Waals surface area contributed by atoms with Crippen molar-refractivity contribution in [1.29, 1.82) is 0 Å². The lowest BCUT2D eigenvalue weighted by atomic mass is 10.1. The molecule has 0 unspecified atom stereocenters. The average molecular weight is 252 g/mol. The van der Waals surface area contributed by atoms with Gasteiger partial charge in [0, 0.05) is 6.07 Å². The fraction of sp³-hybridized carbons (Fsp3) is 0.500. The summed E-state index contributed by atoms with van der Waals surface area (Å²) in [4.78, 5) is 10.4. The van der Waals surface area contributed by atoms with E-state index in [1.165, 1.54) is 10.2 Å². The molecular weight excluding hydrogens is 249 g/mol. The normalized spacial score (nSPS) is 14.2. The molecule has 1 rings (SSSR count). The molecule has 0 aromatic carbocycles. The molecule has 1 aromatic heterocycles. The molecule has 0 radical (unpaired) electrons. The number of hydrogen-bond donors (Lipinski definition) is 2. The fourth-order valence-electron chi connectivity index (χ4n) is 0.848. The summed E-state index contributed by atoms with van der Waals surface area (Å²) < 4.78 is 85.4. The van der Waals surface area contributed by atoms with Crippen molar-refractivity contribution in [2.45, 2.75) is 18.0 Å². The smallest absolute Gasteiger partial charge is 0.296 e. The maximum Gasteiger partial charge on any atom is 0.460 e. The summed E-state index contributed by atoms with van der Waals surface area (Å²) in [5.74, 6) is -11.8. The summed E-state index contributed by atoms with van der Waals surface area (Å²) in [5.41, 5.74) is -3.08. The van der Waals surface area contributed by atoms with E-state index < -0.39 is 29.3 Å². The minimum absolute atomic E-state index is 0.0698. The van der Waals surface area contributed by atoms with E-state index in [0.29, 0.717) is 0 Å². The van der Waals surface area contributed by atoms with Gasteiger partial charge in [-0.25, -0.2) is 0 Å². The van der Waals surface area contributed by atoms with Gasteiger partial charge in [0.2, 0.25) is 0 Å². The number of aromatic amines is 2. The van der Waals surface area contributed by atoms with E-state index in [1.54, 1.807) is 0 Å². The Morgan fingerprint density at radius 3 is 1.75 bits per heavy atom. The van der Waals surface area contributed by atoms with Crippen LogP contribution in [0.25, 0.3) is 0 Å². The summed E-state index contributed by atoms with van der Waals surface area (Å²) in [6.07, 6.45) is -6.43. The minimum Gasteiger partial charge on any atom is -0.296 e. The third-order valence-corrected chi connectivity index (χ3v) is 1.68. The van der Waals surface area contributed by atoms with E-state index in [4.69, 9.17) is 0 Å². The minimum atomic E-state index is -6.43. The summed E-state index contributed by atoms with van der Waals surface area (Å²) in [5, 5.41) is 2.69. The van der Waals surface area contributed by atoms with Crippen LogP contribution in [-0.2, 0) is 5.92 Å². The summed E-state index contributed by atoms with van der Waals surface area (Å²) in [6.45, 7) is 0. The average Bonchev–Trinajstić information content (AvgIpc) is 2.49. The first kappa shape index (κ1) is 12.6. The molecule has 0 bridgehead atoms. The molecule has 2 N–H and O–H groups in total. The molecule has 3 nitrogen and oxygen atoms in total. The van der Waals surface area contributed by atoms with E-state index in [-0.39, 0.29) is 6.07 Å². The molecule has 0 aliphatic carbocycles. The number of hydrogen-bond acceptors (Lipinski definition) is 1. The number of H-pyrrole nitrogens is 2. The van der Waals surface area contributed by atoms with Gasteiger partial charge in [0.15, 0.2) is 0 Å².